The fraction of sp³-hybridized carbons (Fsp3) is 0.350. The van der Waals surface area contributed by atoms with Crippen molar-refractivity contribution < 1.29 is 4.79 Å². The van der Waals surface area contributed by atoms with Crippen molar-refractivity contribution in [2.75, 3.05) is 6.54 Å². The molecule has 1 N–H and O–H groups in total. The minimum absolute atomic E-state index is 0.0140. The molecule has 0 spiro atoms. The fourth-order valence-electron chi connectivity index (χ4n) is 3.52. The molecule has 26 heavy (non-hydrogen) atoms. The minimum atomic E-state index is -0.0140. The van der Waals surface area contributed by atoms with Gasteiger partial charge in [-0.25, -0.2) is 9.97 Å². The number of carbonyl (C=O) groups excluding carboxylic acids is 1. The quantitative estimate of drug-likeness (QED) is 0.735. The number of aryl methyl sites for hydroxylation is 1. The number of fused-ring (bicyclic) bond motifs is 3. The Morgan fingerprint density at radius 1 is 1.35 bits per heavy atom. The van der Waals surface area contributed by atoms with Crippen molar-refractivity contribution in [3.63, 3.8) is 0 Å². The van der Waals surface area contributed by atoms with Crippen LogP contribution in [0.25, 0.3) is 10.9 Å². The summed E-state index contributed by atoms with van der Waals surface area (Å²) in [6, 6.07) is 5.88. The van der Waals surface area contributed by atoms with Gasteiger partial charge in [-0.05, 0) is 13.0 Å². The Bertz CT molecular complexity index is 1010. The third-order valence-corrected chi connectivity index (χ3v) is 5.31. The lowest BCUT2D eigenvalue weighted by atomic mass is 10.0. The molecule has 0 aliphatic carbocycles. The third-order valence-electron chi connectivity index (χ3n) is 4.99. The number of halogens is 1. The molecule has 4 rings (SSSR count). The Hall–Kier alpha value is -2.40. The highest BCUT2D eigenvalue weighted by molar-refractivity contribution is 6.35. The maximum absolute atomic E-state index is 13.0. The van der Waals surface area contributed by atoms with E-state index in [1.165, 1.54) is 5.69 Å². The van der Waals surface area contributed by atoms with Crippen LogP contribution in [0.2, 0.25) is 5.02 Å². The lowest BCUT2D eigenvalue weighted by Gasteiger charge is -2.27. The van der Waals surface area contributed by atoms with E-state index in [2.05, 4.69) is 21.0 Å². The van der Waals surface area contributed by atoms with Crippen molar-refractivity contribution in [1.82, 2.24) is 19.9 Å². The average Bonchev–Trinajstić information content (AvgIpc) is 3.00. The van der Waals surface area contributed by atoms with Crippen molar-refractivity contribution in [2.24, 2.45) is 0 Å². The van der Waals surface area contributed by atoms with Gasteiger partial charge in [0.2, 0.25) is 0 Å². The number of hydrogen-bond donors (Lipinski definition) is 1. The largest absolute Gasteiger partial charge is 0.357 e. The Morgan fingerprint density at radius 3 is 2.88 bits per heavy atom. The van der Waals surface area contributed by atoms with Crippen LogP contribution in [-0.4, -0.2) is 32.3 Å². The molecule has 0 bridgehead atoms. The van der Waals surface area contributed by atoms with Crippen LogP contribution in [0.1, 0.15) is 52.9 Å². The van der Waals surface area contributed by atoms with Gasteiger partial charge in [-0.1, -0.05) is 37.6 Å². The van der Waals surface area contributed by atoms with Crippen molar-refractivity contribution in [1.29, 1.82) is 0 Å². The Balaban J connectivity index is 1.66. The molecule has 0 atom stereocenters. The van der Waals surface area contributed by atoms with E-state index in [1.807, 2.05) is 37.8 Å². The summed E-state index contributed by atoms with van der Waals surface area (Å²) in [7, 11) is 0. The molecule has 0 unspecified atom stereocenters. The van der Waals surface area contributed by atoms with Crippen molar-refractivity contribution in [3.8, 4) is 0 Å². The second-order valence-corrected chi connectivity index (χ2v) is 7.51. The summed E-state index contributed by atoms with van der Waals surface area (Å²) in [6.45, 7) is 7.21. The van der Waals surface area contributed by atoms with E-state index < -0.39 is 0 Å². The van der Waals surface area contributed by atoms with Gasteiger partial charge in [-0.3, -0.25) is 4.79 Å². The van der Waals surface area contributed by atoms with Gasteiger partial charge in [-0.15, -0.1) is 0 Å². The van der Waals surface area contributed by atoms with Crippen LogP contribution >= 0.6 is 11.6 Å². The van der Waals surface area contributed by atoms with Gasteiger partial charge in [0.15, 0.2) is 0 Å². The molecule has 5 nitrogen and oxygen atoms in total. The first kappa shape index (κ1) is 17.0. The highest BCUT2D eigenvalue weighted by Crippen LogP contribution is 2.32. The number of hydrogen-bond acceptors (Lipinski definition) is 3. The van der Waals surface area contributed by atoms with E-state index in [-0.39, 0.29) is 11.8 Å². The first-order chi connectivity index (χ1) is 12.5. The molecule has 6 heteroatoms. The lowest BCUT2D eigenvalue weighted by Crippen LogP contribution is -2.36. The molecule has 0 radical (unpaired) electrons. The monoisotopic (exact) mass is 368 g/mol. The summed E-state index contributed by atoms with van der Waals surface area (Å²) < 4.78 is 0. The van der Waals surface area contributed by atoms with Gasteiger partial charge in [-0.2, -0.15) is 0 Å². The molecular formula is C20H21ClN4O. The maximum Gasteiger partial charge on any atom is 0.257 e. The minimum Gasteiger partial charge on any atom is -0.357 e. The summed E-state index contributed by atoms with van der Waals surface area (Å²) in [4.78, 5) is 27.2. The van der Waals surface area contributed by atoms with Crippen molar-refractivity contribution >= 4 is 28.4 Å². The van der Waals surface area contributed by atoms with Gasteiger partial charge < -0.3 is 9.88 Å². The second-order valence-electron chi connectivity index (χ2n) is 7.10. The van der Waals surface area contributed by atoms with Crippen LogP contribution in [0, 0.1) is 6.92 Å². The number of rotatable bonds is 2. The number of nitrogens with zero attached hydrogens (tertiary/aromatic N) is 3. The summed E-state index contributed by atoms with van der Waals surface area (Å²) in [6.07, 6.45) is 2.46. The summed E-state index contributed by atoms with van der Waals surface area (Å²) in [5.74, 6) is 0.998. The molecular weight excluding hydrogens is 348 g/mol. The van der Waals surface area contributed by atoms with Gasteiger partial charge in [0.25, 0.3) is 5.91 Å². The normalized spacial score (nSPS) is 14.1. The van der Waals surface area contributed by atoms with Gasteiger partial charge in [0.1, 0.15) is 5.82 Å². The van der Waals surface area contributed by atoms with E-state index in [0.717, 1.165) is 34.4 Å². The zero-order chi connectivity index (χ0) is 18.4. The number of para-hydroxylation sites is 1. The molecule has 0 fully saturated rings. The van der Waals surface area contributed by atoms with Crippen LogP contribution in [0.4, 0.5) is 0 Å². The number of aromatic nitrogens is 3. The molecule has 3 heterocycles. The van der Waals surface area contributed by atoms with Crippen LogP contribution in [-0.2, 0) is 13.0 Å². The molecule has 0 saturated carbocycles. The second kappa shape index (κ2) is 6.40. The van der Waals surface area contributed by atoms with Crippen LogP contribution < -0.4 is 0 Å². The van der Waals surface area contributed by atoms with E-state index in [9.17, 15) is 4.79 Å². The maximum atomic E-state index is 13.0. The SMILES string of the molecule is Cc1nc(C(C)C)ncc1C(=O)N1CCc2[nH]c3c(Cl)cccc3c2C1. The Kier molecular flexibility index (Phi) is 4.19. The topological polar surface area (TPSA) is 61.9 Å². The van der Waals surface area contributed by atoms with Gasteiger partial charge in [0, 0.05) is 48.3 Å². The summed E-state index contributed by atoms with van der Waals surface area (Å²) in [5.41, 5.74) is 4.59. The fourth-order valence-corrected chi connectivity index (χ4v) is 3.74. The number of nitrogens with one attached hydrogen (secondary N) is 1. The average molecular weight is 369 g/mol. The number of benzene rings is 1. The van der Waals surface area contributed by atoms with Gasteiger partial charge >= 0.3 is 0 Å². The first-order valence-electron chi connectivity index (χ1n) is 8.86. The molecule has 2 aromatic heterocycles. The summed E-state index contributed by atoms with van der Waals surface area (Å²) in [5, 5.41) is 1.80. The van der Waals surface area contributed by atoms with Crippen LogP contribution in [0.15, 0.2) is 24.4 Å². The highest BCUT2D eigenvalue weighted by Gasteiger charge is 2.26. The Labute approximate surface area is 157 Å². The van der Waals surface area contributed by atoms with Gasteiger partial charge in [0.05, 0.1) is 21.8 Å². The van der Waals surface area contributed by atoms with Crippen molar-refractivity contribution in [3.05, 3.63) is 57.8 Å². The predicted octanol–water partition coefficient (Wildman–Crippen LogP) is 4.24. The lowest BCUT2D eigenvalue weighted by molar-refractivity contribution is 0.0733. The number of H-pyrrole nitrogens is 1. The molecule has 1 aliphatic rings. The smallest absolute Gasteiger partial charge is 0.257 e. The molecule has 1 amide bonds. The third kappa shape index (κ3) is 2.76. The van der Waals surface area contributed by atoms with Crippen LogP contribution in [0.5, 0.6) is 0 Å². The number of aromatic amines is 1. The predicted molar refractivity (Wildman–Crippen MR) is 103 cm³/mol. The standard InChI is InChI=1S/C20H21ClN4O/c1-11(2)19-22-9-14(12(3)23-19)20(26)25-8-7-17-15(10-25)13-5-4-6-16(21)18(13)24-17/h4-6,9,11,24H,7-8,10H2,1-3H3. The van der Waals surface area contributed by atoms with E-state index in [1.54, 1.807) is 6.20 Å². The first-order valence-corrected chi connectivity index (χ1v) is 9.24. The molecule has 3 aromatic rings. The van der Waals surface area contributed by atoms with E-state index in [4.69, 9.17) is 11.6 Å². The molecule has 1 aliphatic heterocycles. The van der Waals surface area contributed by atoms with Crippen molar-refractivity contribution in [2.45, 2.75) is 39.7 Å². The zero-order valence-corrected chi connectivity index (χ0v) is 15.9. The molecule has 1 aromatic carbocycles. The van der Waals surface area contributed by atoms with Crippen LogP contribution in [0.3, 0.4) is 0 Å². The zero-order valence-electron chi connectivity index (χ0n) is 15.1. The molecule has 134 valence electrons. The number of amides is 1. The molecule has 0 saturated heterocycles. The summed E-state index contributed by atoms with van der Waals surface area (Å²) >= 11 is 6.30. The van der Waals surface area contributed by atoms with E-state index >= 15 is 0 Å². The number of carbonyl (C=O) groups is 1. The Morgan fingerprint density at radius 2 is 2.15 bits per heavy atom. The van der Waals surface area contributed by atoms with E-state index in [0.29, 0.717) is 23.7 Å². The highest BCUT2D eigenvalue weighted by atomic mass is 35.5.